The summed E-state index contributed by atoms with van der Waals surface area (Å²) in [5.41, 5.74) is 2.58. The first kappa shape index (κ1) is 22.0. The van der Waals surface area contributed by atoms with E-state index in [2.05, 4.69) is 16.5 Å². The quantitative estimate of drug-likeness (QED) is 0.555. The number of methoxy groups -OCH3 is 1. The van der Waals surface area contributed by atoms with Gasteiger partial charge in [-0.05, 0) is 47.5 Å². The first-order chi connectivity index (χ1) is 15.5. The average Bonchev–Trinajstić information content (AvgIpc) is 3.54. The molecule has 0 spiro atoms. The zero-order valence-electron chi connectivity index (χ0n) is 18.1. The number of hydrogen-bond acceptors (Lipinski definition) is 6. The summed E-state index contributed by atoms with van der Waals surface area (Å²) in [6.07, 6.45) is 0.657. The molecule has 1 aliphatic heterocycles. The van der Waals surface area contributed by atoms with Crippen LogP contribution in [0.1, 0.15) is 27.8 Å². The van der Waals surface area contributed by atoms with E-state index in [1.807, 2.05) is 41.9 Å². The maximum absolute atomic E-state index is 13.2. The second-order valence-electron chi connectivity index (χ2n) is 7.44. The number of likely N-dealkylation sites (N-methyl/N-ethyl adjacent to an activating group) is 1. The molecule has 1 atom stereocenters. The third-order valence-corrected chi connectivity index (χ3v) is 7.28. The van der Waals surface area contributed by atoms with Crippen LogP contribution in [0.3, 0.4) is 0 Å². The lowest BCUT2D eigenvalue weighted by atomic mass is 10.1. The Morgan fingerprint density at radius 1 is 1.19 bits per heavy atom. The van der Waals surface area contributed by atoms with Crippen LogP contribution in [-0.4, -0.2) is 48.3 Å². The van der Waals surface area contributed by atoms with Gasteiger partial charge in [0.25, 0.3) is 5.91 Å². The number of benzene rings is 1. The smallest absolute Gasteiger partial charge is 0.322 e. The van der Waals surface area contributed by atoms with Gasteiger partial charge >= 0.3 is 6.03 Å². The molecule has 166 valence electrons. The van der Waals surface area contributed by atoms with E-state index in [0.29, 0.717) is 17.9 Å². The number of ether oxygens (including phenoxy) is 1. The summed E-state index contributed by atoms with van der Waals surface area (Å²) in [5.74, 6) is 0.325. The third kappa shape index (κ3) is 4.53. The molecule has 3 aromatic rings. The summed E-state index contributed by atoms with van der Waals surface area (Å²) in [6.45, 7) is 1.95. The van der Waals surface area contributed by atoms with Crippen LogP contribution in [0.5, 0.6) is 5.75 Å². The Morgan fingerprint density at radius 2 is 2.00 bits per heavy atom. The maximum atomic E-state index is 13.2. The van der Waals surface area contributed by atoms with Crippen LogP contribution in [0.25, 0.3) is 0 Å². The molecule has 3 amide bonds. The molecule has 9 heteroatoms. The van der Waals surface area contributed by atoms with E-state index in [0.717, 1.165) is 21.0 Å². The van der Waals surface area contributed by atoms with Crippen molar-refractivity contribution >= 4 is 46.0 Å². The number of nitrogens with zero attached hydrogens (tertiary/aromatic N) is 3. The monoisotopic (exact) mass is 468 g/mol. The van der Waals surface area contributed by atoms with Crippen LogP contribution >= 0.6 is 22.7 Å². The Morgan fingerprint density at radius 3 is 2.69 bits per heavy atom. The van der Waals surface area contributed by atoms with E-state index in [1.54, 1.807) is 54.0 Å². The van der Waals surface area contributed by atoms with E-state index in [1.165, 1.54) is 4.90 Å². The Hall–Kier alpha value is -3.17. The summed E-state index contributed by atoms with van der Waals surface area (Å²) in [5, 5.41) is 13.0. The van der Waals surface area contributed by atoms with Crippen molar-refractivity contribution in [2.24, 2.45) is 5.10 Å². The van der Waals surface area contributed by atoms with Gasteiger partial charge in [-0.2, -0.15) is 5.10 Å². The molecule has 1 N–H and O–H groups in total. The van der Waals surface area contributed by atoms with Crippen molar-refractivity contribution in [3.05, 3.63) is 68.5 Å². The van der Waals surface area contributed by atoms with Gasteiger partial charge in [0.1, 0.15) is 12.3 Å². The highest BCUT2D eigenvalue weighted by atomic mass is 32.1. The average molecular weight is 469 g/mol. The fourth-order valence-electron chi connectivity index (χ4n) is 3.57. The minimum absolute atomic E-state index is 0.0941. The van der Waals surface area contributed by atoms with E-state index in [-0.39, 0.29) is 18.5 Å². The number of para-hydroxylation sites is 2. The van der Waals surface area contributed by atoms with Crippen molar-refractivity contribution in [2.45, 2.75) is 19.4 Å². The van der Waals surface area contributed by atoms with Crippen molar-refractivity contribution < 1.29 is 14.3 Å². The van der Waals surface area contributed by atoms with Crippen LogP contribution in [-0.2, 0) is 4.79 Å². The summed E-state index contributed by atoms with van der Waals surface area (Å²) < 4.78 is 5.28. The van der Waals surface area contributed by atoms with Crippen molar-refractivity contribution in [1.29, 1.82) is 0 Å². The molecule has 0 unspecified atom stereocenters. The molecule has 4 rings (SSSR count). The van der Waals surface area contributed by atoms with Gasteiger partial charge < -0.3 is 15.0 Å². The molecule has 2 aromatic heterocycles. The van der Waals surface area contributed by atoms with Crippen LogP contribution in [0.4, 0.5) is 10.5 Å². The van der Waals surface area contributed by atoms with Gasteiger partial charge in [0.05, 0.1) is 29.4 Å². The highest BCUT2D eigenvalue weighted by Gasteiger charge is 2.35. The molecule has 0 aliphatic carbocycles. The predicted octanol–water partition coefficient (Wildman–Crippen LogP) is 4.97. The molecular formula is C23H24N4O3S2. The van der Waals surface area contributed by atoms with Crippen molar-refractivity contribution in [1.82, 2.24) is 9.91 Å². The van der Waals surface area contributed by atoms with Gasteiger partial charge in [-0.25, -0.2) is 9.80 Å². The number of aryl methyl sites for hydroxylation is 1. The Bertz CT molecular complexity index is 1140. The van der Waals surface area contributed by atoms with Crippen LogP contribution < -0.4 is 10.1 Å². The number of carbonyl (C=O) groups is 2. The number of thiophene rings is 2. The molecule has 1 aliphatic rings. The van der Waals surface area contributed by atoms with E-state index < -0.39 is 6.03 Å². The summed E-state index contributed by atoms with van der Waals surface area (Å²) in [7, 11) is 3.13. The summed E-state index contributed by atoms with van der Waals surface area (Å²) in [4.78, 5) is 29.5. The third-order valence-electron chi connectivity index (χ3n) is 5.24. The number of urea groups is 1. The lowest BCUT2D eigenvalue weighted by molar-refractivity contribution is -0.133. The van der Waals surface area contributed by atoms with Crippen molar-refractivity contribution in [3.63, 3.8) is 0 Å². The number of amides is 3. The molecular weight excluding hydrogens is 444 g/mol. The Kier molecular flexibility index (Phi) is 6.57. The molecule has 0 radical (unpaired) electrons. The largest absolute Gasteiger partial charge is 0.495 e. The van der Waals surface area contributed by atoms with Crippen LogP contribution in [0.2, 0.25) is 0 Å². The number of hydrazone groups is 1. The first-order valence-electron chi connectivity index (χ1n) is 10.1. The van der Waals surface area contributed by atoms with E-state index >= 15 is 0 Å². The van der Waals surface area contributed by atoms with Crippen LogP contribution in [0.15, 0.2) is 58.3 Å². The fourth-order valence-corrected chi connectivity index (χ4v) is 5.30. The van der Waals surface area contributed by atoms with Gasteiger partial charge in [0.2, 0.25) is 0 Å². The van der Waals surface area contributed by atoms with Gasteiger partial charge in [-0.3, -0.25) is 4.79 Å². The number of anilines is 1. The van der Waals surface area contributed by atoms with E-state index in [4.69, 9.17) is 4.74 Å². The SMILES string of the molecule is COc1ccccc1NC(=O)N(C)CC(=O)N1N=C(c2cccs2)C[C@@H]1c1sccc1C. The highest BCUT2D eigenvalue weighted by molar-refractivity contribution is 7.12. The Labute approximate surface area is 194 Å². The zero-order chi connectivity index (χ0) is 22.7. The molecule has 0 bridgehead atoms. The minimum Gasteiger partial charge on any atom is -0.495 e. The lowest BCUT2D eigenvalue weighted by Crippen LogP contribution is -2.41. The topological polar surface area (TPSA) is 74.2 Å². The lowest BCUT2D eigenvalue weighted by Gasteiger charge is -2.25. The van der Waals surface area contributed by atoms with Crippen LogP contribution in [0, 0.1) is 6.92 Å². The van der Waals surface area contributed by atoms with Gasteiger partial charge in [0.15, 0.2) is 0 Å². The zero-order valence-corrected chi connectivity index (χ0v) is 19.7. The predicted molar refractivity (Wildman–Crippen MR) is 129 cm³/mol. The maximum Gasteiger partial charge on any atom is 0.322 e. The summed E-state index contributed by atoms with van der Waals surface area (Å²) >= 11 is 3.24. The van der Waals surface area contributed by atoms with Gasteiger partial charge in [0, 0.05) is 18.3 Å². The van der Waals surface area contributed by atoms with Crippen molar-refractivity contribution in [3.8, 4) is 5.75 Å². The number of hydrogen-bond donors (Lipinski definition) is 1. The highest BCUT2D eigenvalue weighted by Crippen LogP contribution is 2.38. The molecule has 1 aromatic carbocycles. The molecule has 0 saturated heterocycles. The molecule has 0 saturated carbocycles. The second-order valence-corrected chi connectivity index (χ2v) is 9.33. The second kappa shape index (κ2) is 9.54. The normalized spacial score (nSPS) is 15.4. The summed E-state index contributed by atoms with van der Waals surface area (Å²) in [6, 6.07) is 12.6. The number of nitrogens with one attached hydrogen (secondary N) is 1. The fraction of sp³-hybridized carbons (Fsp3) is 0.261. The molecule has 3 heterocycles. The molecule has 0 fully saturated rings. The Balaban J connectivity index is 1.50. The standard InChI is InChI=1S/C23H24N4O3S2/c1-15-10-12-32-22(15)18-13-17(20-9-6-11-31-20)25-27(18)21(28)14-26(2)23(29)24-16-7-4-5-8-19(16)30-3/h4-12,18H,13-14H2,1-3H3,(H,24,29)/t18-/m1/s1. The number of carbonyl (C=O) groups excluding carboxylic acids is 2. The first-order valence-corrected chi connectivity index (χ1v) is 11.9. The molecule has 7 nitrogen and oxygen atoms in total. The van der Waals surface area contributed by atoms with Crippen molar-refractivity contribution in [2.75, 3.05) is 26.0 Å². The van der Waals surface area contributed by atoms with E-state index in [9.17, 15) is 9.59 Å². The van der Waals surface area contributed by atoms with Gasteiger partial charge in [-0.1, -0.05) is 18.2 Å². The van der Waals surface area contributed by atoms with Gasteiger partial charge in [-0.15, -0.1) is 22.7 Å². The number of rotatable bonds is 6. The molecule has 32 heavy (non-hydrogen) atoms. The minimum atomic E-state index is -0.395.